The highest BCUT2D eigenvalue weighted by atomic mass is 35.5. The van der Waals surface area contributed by atoms with Crippen molar-refractivity contribution in [2.24, 2.45) is 0 Å². The van der Waals surface area contributed by atoms with E-state index in [9.17, 15) is 5.11 Å². The van der Waals surface area contributed by atoms with Crippen LogP contribution in [0.25, 0.3) is 0 Å². The number of halogens is 1. The molecule has 1 aromatic heterocycles. The molecule has 2 nitrogen and oxygen atoms in total. The number of aliphatic hydroxyl groups is 1. The average molecular weight is 234 g/mol. The first-order valence-corrected chi connectivity index (χ1v) is 5.41. The molecule has 0 saturated carbocycles. The monoisotopic (exact) mass is 233 g/mol. The number of benzene rings is 1. The van der Waals surface area contributed by atoms with Crippen LogP contribution in [-0.4, -0.2) is 10.1 Å². The molecule has 0 bridgehead atoms. The number of aliphatic hydroxyl groups excluding tert-OH is 1. The molecule has 1 atom stereocenters. The Morgan fingerprint density at radius 3 is 2.69 bits per heavy atom. The van der Waals surface area contributed by atoms with Gasteiger partial charge in [0.25, 0.3) is 0 Å². The van der Waals surface area contributed by atoms with Gasteiger partial charge in [-0.25, -0.2) is 0 Å². The maximum absolute atomic E-state index is 10.2. The first-order chi connectivity index (χ1) is 7.68. The first-order valence-electron chi connectivity index (χ1n) is 5.03. The zero-order valence-electron chi connectivity index (χ0n) is 8.89. The maximum atomic E-state index is 10.2. The second-order valence-corrected chi connectivity index (χ2v) is 4.09. The van der Waals surface area contributed by atoms with Crippen LogP contribution in [0.1, 0.15) is 22.9 Å². The van der Waals surface area contributed by atoms with Gasteiger partial charge in [0, 0.05) is 16.8 Å². The van der Waals surface area contributed by atoms with Crippen LogP contribution >= 0.6 is 11.6 Å². The number of hydrogen-bond donors (Lipinski definition) is 1. The van der Waals surface area contributed by atoms with Gasteiger partial charge < -0.3 is 5.11 Å². The lowest BCUT2D eigenvalue weighted by atomic mass is 10.1. The summed E-state index contributed by atoms with van der Waals surface area (Å²) >= 11 is 6.02. The number of aryl methyl sites for hydroxylation is 1. The fourth-order valence-electron chi connectivity index (χ4n) is 1.57. The van der Waals surface area contributed by atoms with Gasteiger partial charge in [-0.3, -0.25) is 4.98 Å². The number of pyridine rings is 1. The van der Waals surface area contributed by atoms with Gasteiger partial charge in [-0.1, -0.05) is 29.8 Å². The molecule has 1 unspecified atom stereocenters. The van der Waals surface area contributed by atoms with Crippen molar-refractivity contribution in [1.29, 1.82) is 0 Å². The molecule has 0 amide bonds. The lowest BCUT2D eigenvalue weighted by Gasteiger charge is -2.12. The lowest BCUT2D eigenvalue weighted by molar-refractivity contribution is 0.215. The van der Waals surface area contributed by atoms with Gasteiger partial charge >= 0.3 is 0 Å². The van der Waals surface area contributed by atoms with Crippen LogP contribution < -0.4 is 0 Å². The smallest absolute Gasteiger partial charge is 0.122 e. The molecule has 2 aromatic rings. The highest BCUT2D eigenvalue weighted by Crippen LogP contribution is 2.26. The minimum atomic E-state index is -0.770. The van der Waals surface area contributed by atoms with Crippen molar-refractivity contribution < 1.29 is 5.11 Å². The van der Waals surface area contributed by atoms with Gasteiger partial charge in [0.1, 0.15) is 6.10 Å². The molecule has 1 heterocycles. The van der Waals surface area contributed by atoms with Crippen molar-refractivity contribution in [1.82, 2.24) is 4.98 Å². The second-order valence-electron chi connectivity index (χ2n) is 3.68. The average Bonchev–Trinajstić information content (AvgIpc) is 2.29. The van der Waals surface area contributed by atoms with E-state index in [2.05, 4.69) is 4.98 Å². The van der Waals surface area contributed by atoms with Gasteiger partial charge in [0.15, 0.2) is 0 Å². The third-order valence-corrected chi connectivity index (χ3v) is 2.76. The minimum absolute atomic E-state index is 0.554. The van der Waals surface area contributed by atoms with Gasteiger partial charge in [-0.2, -0.15) is 0 Å². The molecule has 16 heavy (non-hydrogen) atoms. The summed E-state index contributed by atoms with van der Waals surface area (Å²) in [5.41, 5.74) is 2.37. The minimum Gasteiger partial charge on any atom is -0.382 e. The molecule has 0 radical (unpaired) electrons. The van der Waals surface area contributed by atoms with Crippen LogP contribution in [0, 0.1) is 6.92 Å². The summed E-state index contributed by atoms with van der Waals surface area (Å²) in [5, 5.41) is 10.7. The summed E-state index contributed by atoms with van der Waals surface area (Å²) in [6, 6.07) is 11.0. The predicted octanol–water partition coefficient (Wildman–Crippen LogP) is 3.13. The molecule has 0 spiro atoms. The number of nitrogens with zero attached hydrogens (tertiary/aromatic N) is 1. The highest BCUT2D eigenvalue weighted by Gasteiger charge is 2.14. The zero-order chi connectivity index (χ0) is 11.5. The maximum Gasteiger partial charge on any atom is 0.122 e. The Balaban J connectivity index is 2.39. The van der Waals surface area contributed by atoms with Gasteiger partial charge in [0.2, 0.25) is 0 Å². The Hall–Kier alpha value is -1.38. The van der Waals surface area contributed by atoms with E-state index in [0.717, 1.165) is 5.56 Å². The second kappa shape index (κ2) is 4.64. The highest BCUT2D eigenvalue weighted by molar-refractivity contribution is 6.31. The molecule has 0 aliphatic rings. The molecular formula is C13H12ClNO. The summed E-state index contributed by atoms with van der Waals surface area (Å²) in [4.78, 5) is 4.15. The summed E-state index contributed by atoms with van der Waals surface area (Å²) in [6.07, 6.45) is 0.915. The van der Waals surface area contributed by atoms with Crippen LogP contribution in [0.5, 0.6) is 0 Å². The van der Waals surface area contributed by atoms with Crippen LogP contribution in [0.2, 0.25) is 5.02 Å². The number of hydrogen-bond acceptors (Lipinski definition) is 2. The molecule has 0 aliphatic carbocycles. The van der Waals surface area contributed by atoms with Gasteiger partial charge in [0.05, 0.1) is 5.69 Å². The molecular weight excluding hydrogens is 222 g/mol. The summed E-state index contributed by atoms with van der Waals surface area (Å²) < 4.78 is 0. The van der Waals surface area contributed by atoms with E-state index in [1.165, 1.54) is 0 Å². The number of aromatic nitrogens is 1. The Labute approximate surface area is 99.5 Å². The molecule has 2 rings (SSSR count). The molecule has 1 aromatic carbocycles. The van der Waals surface area contributed by atoms with Crippen molar-refractivity contribution in [3.8, 4) is 0 Å². The quantitative estimate of drug-likeness (QED) is 0.865. The van der Waals surface area contributed by atoms with Gasteiger partial charge in [-0.05, 0) is 30.7 Å². The van der Waals surface area contributed by atoms with Crippen LogP contribution in [-0.2, 0) is 0 Å². The summed E-state index contributed by atoms with van der Waals surface area (Å²) in [7, 11) is 0. The number of rotatable bonds is 2. The molecule has 3 heteroatoms. The van der Waals surface area contributed by atoms with Crippen LogP contribution in [0.15, 0.2) is 42.6 Å². The van der Waals surface area contributed by atoms with Crippen molar-refractivity contribution in [2.75, 3.05) is 0 Å². The van der Waals surface area contributed by atoms with Crippen molar-refractivity contribution in [3.63, 3.8) is 0 Å². The van der Waals surface area contributed by atoms with Crippen molar-refractivity contribution in [2.45, 2.75) is 13.0 Å². The normalized spacial score (nSPS) is 12.4. The third kappa shape index (κ3) is 2.23. The van der Waals surface area contributed by atoms with Crippen LogP contribution in [0.4, 0.5) is 0 Å². The van der Waals surface area contributed by atoms with E-state index < -0.39 is 6.10 Å². The van der Waals surface area contributed by atoms with Crippen LogP contribution in [0.3, 0.4) is 0 Å². The summed E-state index contributed by atoms with van der Waals surface area (Å²) in [5.74, 6) is 0. The topological polar surface area (TPSA) is 33.1 Å². The van der Waals surface area contributed by atoms with Crippen molar-refractivity contribution in [3.05, 3.63) is 64.4 Å². The molecule has 0 fully saturated rings. The first kappa shape index (κ1) is 11.1. The van der Waals surface area contributed by atoms with E-state index in [1.54, 1.807) is 18.3 Å². The Kier molecular flexibility index (Phi) is 3.22. The van der Waals surface area contributed by atoms with Gasteiger partial charge in [-0.15, -0.1) is 0 Å². The largest absolute Gasteiger partial charge is 0.382 e. The van der Waals surface area contributed by atoms with E-state index in [0.29, 0.717) is 16.3 Å². The fraction of sp³-hybridized carbons (Fsp3) is 0.154. The zero-order valence-corrected chi connectivity index (χ0v) is 9.65. The summed E-state index contributed by atoms with van der Waals surface area (Å²) in [6.45, 7) is 1.96. The third-order valence-electron chi connectivity index (χ3n) is 2.42. The van der Waals surface area contributed by atoms with Crippen molar-refractivity contribution >= 4 is 11.6 Å². The standard InChI is InChI=1S/C13H12ClNO/c1-9-6-7-15-12(8-9)13(16)10-4-2-3-5-11(10)14/h2-8,13,16H,1H3. The molecule has 0 saturated heterocycles. The Bertz CT molecular complexity index is 499. The van der Waals surface area contributed by atoms with E-state index in [1.807, 2.05) is 31.2 Å². The molecule has 0 aliphatic heterocycles. The van der Waals surface area contributed by atoms with E-state index in [4.69, 9.17) is 11.6 Å². The fourth-order valence-corrected chi connectivity index (χ4v) is 1.80. The Morgan fingerprint density at radius 2 is 2.00 bits per heavy atom. The van der Waals surface area contributed by atoms with E-state index in [-0.39, 0.29) is 0 Å². The Morgan fingerprint density at radius 1 is 1.25 bits per heavy atom. The molecule has 82 valence electrons. The van der Waals surface area contributed by atoms with E-state index >= 15 is 0 Å². The predicted molar refractivity (Wildman–Crippen MR) is 64.5 cm³/mol. The molecule has 1 N–H and O–H groups in total. The lowest BCUT2D eigenvalue weighted by Crippen LogP contribution is -2.03. The SMILES string of the molecule is Cc1ccnc(C(O)c2ccccc2Cl)c1.